The van der Waals surface area contributed by atoms with Crippen LogP contribution < -0.4 is 5.32 Å². The van der Waals surface area contributed by atoms with E-state index in [-0.39, 0.29) is 0 Å². The van der Waals surface area contributed by atoms with Crippen molar-refractivity contribution in [1.82, 2.24) is 15.2 Å². The van der Waals surface area contributed by atoms with Crippen LogP contribution in [0.25, 0.3) is 11.4 Å². The fourth-order valence-electron chi connectivity index (χ4n) is 2.19. The zero-order valence-electron chi connectivity index (χ0n) is 12.5. The molecule has 24 heavy (non-hydrogen) atoms. The number of phenolic OH excluding ortho intramolecular Hbond substituents is 1. The summed E-state index contributed by atoms with van der Waals surface area (Å²) in [6.07, 6.45) is 0. The predicted molar refractivity (Wildman–Crippen MR) is 82.5 cm³/mol. The van der Waals surface area contributed by atoms with Gasteiger partial charge in [-0.25, -0.2) is 13.8 Å². The number of aromatic amines is 1. The van der Waals surface area contributed by atoms with E-state index in [2.05, 4.69) is 20.5 Å². The summed E-state index contributed by atoms with van der Waals surface area (Å²) in [5, 5.41) is 18.8. The van der Waals surface area contributed by atoms with Crippen molar-refractivity contribution in [2.45, 2.75) is 6.92 Å². The summed E-state index contributed by atoms with van der Waals surface area (Å²) in [4.78, 5) is 16.3. The molecule has 1 amide bonds. The second-order valence-electron chi connectivity index (χ2n) is 5.06. The second kappa shape index (κ2) is 6.07. The number of hydrogen-bond acceptors (Lipinski definition) is 4. The Morgan fingerprint density at radius 2 is 2.04 bits per heavy atom. The number of anilines is 1. The third-order valence-corrected chi connectivity index (χ3v) is 3.24. The van der Waals surface area contributed by atoms with E-state index in [0.717, 1.165) is 0 Å². The van der Waals surface area contributed by atoms with Crippen molar-refractivity contribution in [3.05, 3.63) is 59.4 Å². The van der Waals surface area contributed by atoms with E-state index >= 15 is 0 Å². The van der Waals surface area contributed by atoms with Crippen LogP contribution in [0.5, 0.6) is 5.75 Å². The SMILES string of the molecule is Cc1nc(-c2cccc(NC(=O)c3c(O)cc(F)cc3F)c2)n[nH]1. The van der Waals surface area contributed by atoms with Crippen molar-refractivity contribution in [3.63, 3.8) is 0 Å². The van der Waals surface area contributed by atoms with Crippen LogP contribution in [-0.2, 0) is 0 Å². The van der Waals surface area contributed by atoms with Crippen molar-refractivity contribution in [2.24, 2.45) is 0 Å². The summed E-state index contributed by atoms with van der Waals surface area (Å²) in [5.74, 6) is -2.70. The van der Waals surface area contributed by atoms with E-state index in [9.17, 15) is 18.7 Å². The Labute approximate surface area is 135 Å². The highest BCUT2D eigenvalue weighted by Gasteiger charge is 2.19. The molecule has 0 saturated heterocycles. The maximum atomic E-state index is 13.7. The molecule has 3 rings (SSSR count). The van der Waals surface area contributed by atoms with Gasteiger partial charge in [-0.1, -0.05) is 12.1 Å². The summed E-state index contributed by atoms with van der Waals surface area (Å²) < 4.78 is 26.7. The number of amides is 1. The Morgan fingerprint density at radius 3 is 2.71 bits per heavy atom. The highest BCUT2D eigenvalue weighted by Crippen LogP contribution is 2.24. The van der Waals surface area contributed by atoms with Gasteiger partial charge in [0.2, 0.25) is 0 Å². The first kappa shape index (κ1) is 15.6. The highest BCUT2D eigenvalue weighted by molar-refractivity contribution is 6.06. The minimum atomic E-state index is -1.15. The molecule has 0 radical (unpaired) electrons. The third-order valence-electron chi connectivity index (χ3n) is 3.24. The van der Waals surface area contributed by atoms with E-state index in [1.54, 1.807) is 31.2 Å². The number of phenols is 1. The minimum absolute atomic E-state index is 0.350. The molecule has 0 bridgehead atoms. The number of aromatic nitrogens is 3. The molecule has 0 saturated carbocycles. The molecule has 1 aromatic heterocycles. The summed E-state index contributed by atoms with van der Waals surface area (Å²) >= 11 is 0. The molecule has 6 nitrogen and oxygen atoms in total. The highest BCUT2D eigenvalue weighted by atomic mass is 19.1. The molecule has 3 aromatic rings. The lowest BCUT2D eigenvalue weighted by Gasteiger charge is -2.09. The zero-order valence-corrected chi connectivity index (χ0v) is 12.5. The van der Waals surface area contributed by atoms with Crippen LogP contribution in [0.2, 0.25) is 0 Å². The summed E-state index contributed by atoms with van der Waals surface area (Å²) in [7, 11) is 0. The molecule has 3 N–H and O–H groups in total. The molecule has 0 atom stereocenters. The van der Waals surface area contributed by atoms with Crippen LogP contribution in [0, 0.1) is 18.6 Å². The molecule has 0 spiro atoms. The molecule has 0 aliphatic rings. The normalized spacial score (nSPS) is 10.6. The first-order valence-corrected chi connectivity index (χ1v) is 6.93. The number of halogens is 2. The molecule has 0 fully saturated rings. The number of nitrogens with zero attached hydrogens (tertiary/aromatic N) is 2. The van der Waals surface area contributed by atoms with Crippen LogP contribution in [0.4, 0.5) is 14.5 Å². The third kappa shape index (κ3) is 3.07. The predicted octanol–water partition coefficient (Wildman–Crippen LogP) is 3.02. The van der Waals surface area contributed by atoms with Crippen molar-refractivity contribution < 1.29 is 18.7 Å². The van der Waals surface area contributed by atoms with Crippen molar-refractivity contribution in [2.75, 3.05) is 5.32 Å². The smallest absolute Gasteiger partial charge is 0.262 e. The second-order valence-corrected chi connectivity index (χ2v) is 5.06. The number of H-pyrrole nitrogens is 1. The lowest BCUT2D eigenvalue weighted by molar-refractivity contribution is 0.102. The molecule has 1 heterocycles. The van der Waals surface area contributed by atoms with Crippen LogP contribution in [0.3, 0.4) is 0 Å². The number of carbonyl (C=O) groups excluding carboxylic acids is 1. The Kier molecular flexibility index (Phi) is 3.95. The molecule has 0 aliphatic carbocycles. The number of aromatic hydroxyl groups is 1. The fourth-order valence-corrected chi connectivity index (χ4v) is 2.19. The van der Waals surface area contributed by atoms with Gasteiger partial charge in [0.15, 0.2) is 5.82 Å². The van der Waals surface area contributed by atoms with Gasteiger partial charge in [0.05, 0.1) is 0 Å². The number of carbonyl (C=O) groups is 1. The Hall–Kier alpha value is -3.29. The fraction of sp³-hybridized carbons (Fsp3) is 0.0625. The Bertz CT molecular complexity index is 901. The maximum Gasteiger partial charge on any atom is 0.262 e. The van der Waals surface area contributed by atoms with Gasteiger partial charge in [-0.05, 0) is 19.1 Å². The van der Waals surface area contributed by atoms with Gasteiger partial charge in [-0.2, -0.15) is 5.10 Å². The van der Waals surface area contributed by atoms with Gasteiger partial charge < -0.3 is 10.4 Å². The molecule has 8 heteroatoms. The monoisotopic (exact) mass is 330 g/mol. The van der Waals surface area contributed by atoms with E-state index in [4.69, 9.17) is 0 Å². The van der Waals surface area contributed by atoms with Crippen LogP contribution in [-0.4, -0.2) is 26.2 Å². The average molecular weight is 330 g/mol. The first-order chi connectivity index (χ1) is 11.4. The topological polar surface area (TPSA) is 90.9 Å². The maximum absolute atomic E-state index is 13.7. The zero-order chi connectivity index (χ0) is 17.3. The van der Waals surface area contributed by atoms with Crippen LogP contribution in [0.15, 0.2) is 36.4 Å². The van der Waals surface area contributed by atoms with E-state index in [1.165, 1.54) is 0 Å². The molecule has 0 aliphatic heterocycles. The molecular formula is C16H12F2N4O2. The van der Waals surface area contributed by atoms with Crippen molar-refractivity contribution in [3.8, 4) is 17.1 Å². The number of rotatable bonds is 3. The van der Waals surface area contributed by atoms with Gasteiger partial charge in [0.1, 0.15) is 28.8 Å². The lowest BCUT2D eigenvalue weighted by Crippen LogP contribution is -2.14. The molecule has 2 aromatic carbocycles. The van der Waals surface area contributed by atoms with Crippen LogP contribution >= 0.6 is 0 Å². The summed E-state index contributed by atoms with van der Waals surface area (Å²) in [6, 6.07) is 7.79. The number of aryl methyl sites for hydroxylation is 1. The van der Waals surface area contributed by atoms with E-state index in [0.29, 0.717) is 35.0 Å². The Balaban J connectivity index is 1.88. The number of hydrogen-bond donors (Lipinski definition) is 3. The van der Waals surface area contributed by atoms with E-state index in [1.807, 2.05) is 0 Å². The van der Waals surface area contributed by atoms with Crippen molar-refractivity contribution >= 4 is 11.6 Å². The van der Waals surface area contributed by atoms with Crippen LogP contribution in [0.1, 0.15) is 16.2 Å². The number of benzene rings is 2. The van der Waals surface area contributed by atoms with Gasteiger partial charge in [-0.15, -0.1) is 0 Å². The van der Waals surface area contributed by atoms with Gasteiger partial charge >= 0.3 is 0 Å². The largest absolute Gasteiger partial charge is 0.507 e. The van der Waals surface area contributed by atoms with Gasteiger partial charge in [0.25, 0.3) is 5.91 Å². The number of nitrogens with one attached hydrogen (secondary N) is 2. The summed E-state index contributed by atoms with van der Waals surface area (Å²) in [6.45, 7) is 1.75. The molecule has 122 valence electrons. The Morgan fingerprint density at radius 1 is 1.25 bits per heavy atom. The van der Waals surface area contributed by atoms with Gasteiger partial charge in [-0.3, -0.25) is 9.89 Å². The summed E-state index contributed by atoms with van der Waals surface area (Å²) in [5.41, 5.74) is 0.361. The quantitative estimate of drug-likeness (QED) is 0.688. The molecular weight excluding hydrogens is 318 g/mol. The molecule has 0 unspecified atom stereocenters. The van der Waals surface area contributed by atoms with E-state index < -0.39 is 28.9 Å². The average Bonchev–Trinajstić information content (AvgIpc) is 2.93. The lowest BCUT2D eigenvalue weighted by atomic mass is 10.1. The van der Waals surface area contributed by atoms with Gasteiger partial charge in [0, 0.05) is 23.4 Å². The van der Waals surface area contributed by atoms with Crippen molar-refractivity contribution in [1.29, 1.82) is 0 Å². The standard InChI is InChI=1S/C16H12F2N4O2/c1-8-19-15(22-21-8)9-3-2-4-11(5-9)20-16(24)14-12(18)6-10(17)7-13(14)23/h2-7,23H,1H3,(H,20,24)(H,19,21,22). The first-order valence-electron chi connectivity index (χ1n) is 6.93. The minimum Gasteiger partial charge on any atom is -0.507 e.